The number of anilines is 1. The predicted octanol–water partition coefficient (Wildman–Crippen LogP) is 1.88. The Bertz CT molecular complexity index is 640. The summed E-state index contributed by atoms with van der Waals surface area (Å²) in [7, 11) is 0. The maximum atomic E-state index is 12.1. The molecule has 5 nitrogen and oxygen atoms in total. The molecule has 18 heavy (non-hydrogen) atoms. The van der Waals surface area contributed by atoms with Crippen molar-refractivity contribution in [3.8, 4) is 0 Å². The first kappa shape index (κ1) is 11.4. The number of amides is 1. The molecular weight excluding hydrogens is 250 g/mol. The highest BCUT2D eigenvalue weighted by atomic mass is 32.1. The molecular formula is C12H13N3O2S. The smallest absolute Gasteiger partial charge is 0.282 e. The molecule has 0 aromatic carbocycles. The first-order valence-corrected chi connectivity index (χ1v) is 6.89. The largest absolute Gasteiger partial charge is 0.320 e. The van der Waals surface area contributed by atoms with E-state index in [9.17, 15) is 9.59 Å². The molecule has 1 aliphatic carbocycles. The standard InChI is InChI=1S/C12H13N3O2S/c16-10(8-3-1-2-4-8)14-9-7-13-12-15(11(9)17)5-6-18-12/h5-8H,1-4H2,(H,14,16). The van der Waals surface area contributed by atoms with Crippen molar-refractivity contribution in [3.05, 3.63) is 28.1 Å². The van der Waals surface area contributed by atoms with E-state index in [4.69, 9.17) is 0 Å². The molecule has 0 bridgehead atoms. The van der Waals surface area contributed by atoms with Crippen molar-refractivity contribution >= 4 is 27.9 Å². The Morgan fingerprint density at radius 3 is 3.00 bits per heavy atom. The molecule has 94 valence electrons. The van der Waals surface area contributed by atoms with Gasteiger partial charge in [-0.05, 0) is 12.8 Å². The van der Waals surface area contributed by atoms with Crippen LogP contribution in [0.5, 0.6) is 0 Å². The summed E-state index contributed by atoms with van der Waals surface area (Å²) < 4.78 is 1.45. The summed E-state index contributed by atoms with van der Waals surface area (Å²) in [6.07, 6.45) is 7.14. The molecule has 1 fully saturated rings. The van der Waals surface area contributed by atoms with E-state index in [0.717, 1.165) is 25.7 Å². The van der Waals surface area contributed by atoms with Crippen LogP contribution in [0.15, 0.2) is 22.6 Å². The number of thiazole rings is 1. The number of hydrogen-bond acceptors (Lipinski definition) is 4. The zero-order chi connectivity index (χ0) is 12.5. The normalized spacial score (nSPS) is 16.2. The molecule has 3 rings (SSSR count). The van der Waals surface area contributed by atoms with Gasteiger partial charge in [-0.3, -0.25) is 14.0 Å². The molecule has 2 heterocycles. The number of rotatable bonds is 2. The van der Waals surface area contributed by atoms with Gasteiger partial charge >= 0.3 is 0 Å². The van der Waals surface area contributed by atoms with E-state index in [1.54, 1.807) is 11.6 Å². The SMILES string of the molecule is O=C(Nc1cnc2sccn2c1=O)C1CCCC1. The van der Waals surface area contributed by atoms with E-state index in [1.165, 1.54) is 21.9 Å². The molecule has 0 saturated heterocycles. The average molecular weight is 263 g/mol. The summed E-state index contributed by atoms with van der Waals surface area (Å²) in [5.41, 5.74) is 0.0513. The van der Waals surface area contributed by atoms with Gasteiger partial charge in [0.15, 0.2) is 4.96 Å². The minimum Gasteiger partial charge on any atom is -0.320 e. The summed E-state index contributed by atoms with van der Waals surface area (Å²) in [5.74, 6) is -0.00542. The molecule has 1 N–H and O–H groups in total. The van der Waals surface area contributed by atoms with Crippen molar-refractivity contribution in [3.63, 3.8) is 0 Å². The van der Waals surface area contributed by atoms with Crippen LogP contribution in [-0.2, 0) is 4.79 Å². The van der Waals surface area contributed by atoms with Gasteiger partial charge in [-0.2, -0.15) is 0 Å². The number of hydrogen-bond donors (Lipinski definition) is 1. The average Bonchev–Trinajstić information content (AvgIpc) is 3.02. The Labute approximate surface area is 107 Å². The Balaban J connectivity index is 1.88. The van der Waals surface area contributed by atoms with Crippen LogP contribution in [0, 0.1) is 5.92 Å². The molecule has 1 aliphatic rings. The molecule has 0 radical (unpaired) electrons. The minimum absolute atomic E-state index is 0.0487. The lowest BCUT2D eigenvalue weighted by Gasteiger charge is -2.09. The van der Waals surface area contributed by atoms with Crippen LogP contribution in [0.4, 0.5) is 5.69 Å². The minimum atomic E-state index is -0.215. The molecule has 1 saturated carbocycles. The Kier molecular flexibility index (Phi) is 2.87. The van der Waals surface area contributed by atoms with Gasteiger partial charge in [0, 0.05) is 17.5 Å². The maximum absolute atomic E-state index is 12.1. The van der Waals surface area contributed by atoms with E-state index in [1.807, 2.05) is 0 Å². The first-order valence-electron chi connectivity index (χ1n) is 6.01. The van der Waals surface area contributed by atoms with Gasteiger partial charge < -0.3 is 5.32 Å². The van der Waals surface area contributed by atoms with E-state index in [2.05, 4.69) is 10.3 Å². The van der Waals surface area contributed by atoms with Gasteiger partial charge in [0.2, 0.25) is 5.91 Å². The van der Waals surface area contributed by atoms with Crippen LogP contribution in [0.3, 0.4) is 0 Å². The van der Waals surface area contributed by atoms with E-state index in [0.29, 0.717) is 4.96 Å². The second-order valence-electron chi connectivity index (χ2n) is 4.50. The summed E-state index contributed by atoms with van der Waals surface area (Å²) in [4.78, 5) is 28.8. The molecule has 0 unspecified atom stereocenters. The Morgan fingerprint density at radius 1 is 1.44 bits per heavy atom. The van der Waals surface area contributed by atoms with Crippen LogP contribution < -0.4 is 10.9 Å². The van der Waals surface area contributed by atoms with Gasteiger partial charge in [-0.25, -0.2) is 4.98 Å². The van der Waals surface area contributed by atoms with Crippen molar-refractivity contribution in [2.75, 3.05) is 5.32 Å². The maximum Gasteiger partial charge on any atom is 0.282 e. The molecule has 0 atom stereocenters. The Morgan fingerprint density at radius 2 is 2.22 bits per heavy atom. The topological polar surface area (TPSA) is 63.5 Å². The molecule has 0 spiro atoms. The second kappa shape index (κ2) is 4.53. The third kappa shape index (κ3) is 1.92. The molecule has 1 amide bonds. The molecule has 2 aromatic rings. The highest BCUT2D eigenvalue weighted by Crippen LogP contribution is 2.25. The van der Waals surface area contributed by atoms with Crippen LogP contribution in [0.25, 0.3) is 4.96 Å². The lowest BCUT2D eigenvalue weighted by molar-refractivity contribution is -0.119. The van der Waals surface area contributed by atoms with Crippen molar-refractivity contribution in [2.24, 2.45) is 5.92 Å². The number of nitrogens with one attached hydrogen (secondary N) is 1. The Hall–Kier alpha value is -1.69. The van der Waals surface area contributed by atoms with Crippen molar-refractivity contribution in [1.29, 1.82) is 0 Å². The number of fused-ring (bicyclic) bond motifs is 1. The number of carbonyl (C=O) groups excluding carboxylic acids is 1. The fraction of sp³-hybridized carbons (Fsp3) is 0.417. The third-order valence-electron chi connectivity index (χ3n) is 3.33. The monoisotopic (exact) mass is 263 g/mol. The summed E-state index contributed by atoms with van der Waals surface area (Å²) in [6.45, 7) is 0. The van der Waals surface area contributed by atoms with Crippen LogP contribution in [0.1, 0.15) is 25.7 Å². The van der Waals surface area contributed by atoms with Crippen LogP contribution in [0.2, 0.25) is 0 Å². The van der Waals surface area contributed by atoms with Gasteiger partial charge in [0.25, 0.3) is 5.56 Å². The van der Waals surface area contributed by atoms with Crippen LogP contribution in [-0.4, -0.2) is 15.3 Å². The van der Waals surface area contributed by atoms with Gasteiger partial charge in [0.05, 0.1) is 6.20 Å². The van der Waals surface area contributed by atoms with E-state index >= 15 is 0 Å². The zero-order valence-corrected chi connectivity index (χ0v) is 10.6. The van der Waals surface area contributed by atoms with Gasteiger partial charge in [0.1, 0.15) is 5.69 Å². The zero-order valence-electron chi connectivity index (χ0n) is 9.76. The molecule has 2 aromatic heterocycles. The van der Waals surface area contributed by atoms with Crippen LogP contribution >= 0.6 is 11.3 Å². The highest BCUT2D eigenvalue weighted by molar-refractivity contribution is 7.15. The number of carbonyl (C=O) groups is 1. The fourth-order valence-corrected chi connectivity index (χ4v) is 3.01. The lowest BCUT2D eigenvalue weighted by Crippen LogP contribution is -2.26. The van der Waals surface area contributed by atoms with Gasteiger partial charge in [-0.1, -0.05) is 12.8 Å². The summed E-state index contributed by atoms with van der Waals surface area (Å²) >= 11 is 1.39. The van der Waals surface area contributed by atoms with E-state index < -0.39 is 0 Å². The van der Waals surface area contributed by atoms with Gasteiger partial charge in [-0.15, -0.1) is 11.3 Å². The number of aromatic nitrogens is 2. The molecule has 0 aliphatic heterocycles. The highest BCUT2D eigenvalue weighted by Gasteiger charge is 2.23. The summed E-state index contributed by atoms with van der Waals surface area (Å²) in [6, 6.07) is 0. The van der Waals surface area contributed by atoms with Crippen molar-refractivity contribution < 1.29 is 4.79 Å². The lowest BCUT2D eigenvalue weighted by atomic mass is 10.1. The quantitative estimate of drug-likeness (QED) is 0.899. The van der Waals surface area contributed by atoms with E-state index in [-0.39, 0.29) is 23.1 Å². The molecule has 6 heteroatoms. The van der Waals surface area contributed by atoms with Crippen molar-refractivity contribution in [2.45, 2.75) is 25.7 Å². The first-order chi connectivity index (χ1) is 8.75. The predicted molar refractivity (Wildman–Crippen MR) is 69.9 cm³/mol. The van der Waals surface area contributed by atoms with Crippen molar-refractivity contribution in [1.82, 2.24) is 9.38 Å². The third-order valence-corrected chi connectivity index (χ3v) is 4.10. The second-order valence-corrected chi connectivity index (χ2v) is 5.38. The number of nitrogens with zero attached hydrogens (tertiary/aromatic N) is 2. The fourth-order valence-electron chi connectivity index (χ4n) is 2.33. The summed E-state index contributed by atoms with van der Waals surface area (Å²) in [5, 5.41) is 4.50.